The van der Waals surface area contributed by atoms with Crippen molar-refractivity contribution in [2.24, 2.45) is 0 Å². The maximum Gasteiger partial charge on any atom is 0.126 e. The molecule has 1 aromatic carbocycles. The SMILES string of the molecule is Cc1ccc(F)cc1OCCNC(C)C1CCCO1. The topological polar surface area (TPSA) is 30.5 Å². The monoisotopic (exact) mass is 267 g/mol. The first-order chi connectivity index (χ1) is 9.16. The van der Waals surface area contributed by atoms with Crippen LogP contribution in [-0.2, 0) is 4.74 Å². The molecule has 1 N–H and O–H groups in total. The van der Waals surface area contributed by atoms with Crippen LogP contribution in [0.1, 0.15) is 25.3 Å². The van der Waals surface area contributed by atoms with Crippen LogP contribution >= 0.6 is 0 Å². The van der Waals surface area contributed by atoms with Gasteiger partial charge in [-0.3, -0.25) is 0 Å². The summed E-state index contributed by atoms with van der Waals surface area (Å²) < 4.78 is 24.3. The van der Waals surface area contributed by atoms with Crippen molar-refractivity contribution in [2.45, 2.75) is 38.8 Å². The lowest BCUT2D eigenvalue weighted by atomic mass is 10.1. The lowest BCUT2D eigenvalue weighted by molar-refractivity contribution is 0.0824. The van der Waals surface area contributed by atoms with Gasteiger partial charge in [0.2, 0.25) is 0 Å². The van der Waals surface area contributed by atoms with Crippen molar-refractivity contribution in [3.63, 3.8) is 0 Å². The number of ether oxygens (including phenoxy) is 2. The normalized spacial score (nSPS) is 20.5. The van der Waals surface area contributed by atoms with Gasteiger partial charge >= 0.3 is 0 Å². The van der Waals surface area contributed by atoms with Crippen molar-refractivity contribution in [2.75, 3.05) is 19.8 Å². The molecule has 0 aliphatic carbocycles. The smallest absolute Gasteiger partial charge is 0.126 e. The van der Waals surface area contributed by atoms with Crippen molar-refractivity contribution in [1.82, 2.24) is 5.32 Å². The third kappa shape index (κ3) is 4.18. The van der Waals surface area contributed by atoms with Gasteiger partial charge in [0.25, 0.3) is 0 Å². The zero-order chi connectivity index (χ0) is 13.7. The van der Waals surface area contributed by atoms with E-state index in [1.165, 1.54) is 12.1 Å². The molecule has 2 rings (SSSR count). The Labute approximate surface area is 114 Å². The zero-order valence-electron chi connectivity index (χ0n) is 11.6. The van der Waals surface area contributed by atoms with Gasteiger partial charge in [0.15, 0.2) is 0 Å². The summed E-state index contributed by atoms with van der Waals surface area (Å²) in [7, 11) is 0. The van der Waals surface area contributed by atoms with Crippen LogP contribution in [0, 0.1) is 12.7 Å². The molecule has 106 valence electrons. The molecule has 0 saturated carbocycles. The van der Waals surface area contributed by atoms with Crippen molar-refractivity contribution < 1.29 is 13.9 Å². The Morgan fingerprint density at radius 2 is 2.37 bits per heavy atom. The number of hydrogen-bond acceptors (Lipinski definition) is 3. The van der Waals surface area contributed by atoms with Crippen LogP contribution in [0.25, 0.3) is 0 Å². The van der Waals surface area contributed by atoms with Crippen molar-refractivity contribution in [1.29, 1.82) is 0 Å². The maximum atomic E-state index is 13.1. The molecule has 4 heteroatoms. The van der Waals surface area contributed by atoms with E-state index in [9.17, 15) is 4.39 Å². The Hall–Kier alpha value is -1.13. The minimum atomic E-state index is -0.263. The first-order valence-electron chi connectivity index (χ1n) is 6.91. The third-order valence-corrected chi connectivity index (χ3v) is 3.50. The second kappa shape index (κ2) is 6.87. The summed E-state index contributed by atoms with van der Waals surface area (Å²) in [5, 5.41) is 3.39. The minimum absolute atomic E-state index is 0.263. The summed E-state index contributed by atoms with van der Waals surface area (Å²) in [4.78, 5) is 0. The molecule has 19 heavy (non-hydrogen) atoms. The van der Waals surface area contributed by atoms with E-state index in [2.05, 4.69) is 12.2 Å². The fraction of sp³-hybridized carbons (Fsp3) is 0.600. The number of aryl methyl sites for hydroxylation is 1. The van der Waals surface area contributed by atoms with Gasteiger partial charge in [-0.2, -0.15) is 0 Å². The van der Waals surface area contributed by atoms with E-state index in [1.807, 2.05) is 6.92 Å². The Kier molecular flexibility index (Phi) is 5.16. The molecule has 1 heterocycles. The molecule has 2 unspecified atom stereocenters. The molecular weight excluding hydrogens is 245 g/mol. The summed E-state index contributed by atoms with van der Waals surface area (Å²) >= 11 is 0. The highest BCUT2D eigenvalue weighted by Crippen LogP contribution is 2.18. The minimum Gasteiger partial charge on any atom is -0.492 e. The van der Waals surface area contributed by atoms with Gasteiger partial charge < -0.3 is 14.8 Å². The molecular formula is C15H22FNO2. The van der Waals surface area contributed by atoms with Crippen LogP contribution in [0.2, 0.25) is 0 Å². The molecule has 2 atom stereocenters. The first-order valence-corrected chi connectivity index (χ1v) is 6.91. The third-order valence-electron chi connectivity index (χ3n) is 3.50. The van der Waals surface area contributed by atoms with Crippen LogP contribution in [0.4, 0.5) is 4.39 Å². The molecule has 0 amide bonds. The molecule has 3 nitrogen and oxygen atoms in total. The average molecular weight is 267 g/mol. The first kappa shape index (κ1) is 14.3. The highest BCUT2D eigenvalue weighted by atomic mass is 19.1. The fourth-order valence-electron chi connectivity index (χ4n) is 2.31. The Bertz CT molecular complexity index is 405. The van der Waals surface area contributed by atoms with E-state index < -0.39 is 0 Å². The number of rotatable bonds is 6. The van der Waals surface area contributed by atoms with E-state index in [4.69, 9.17) is 9.47 Å². The van der Waals surface area contributed by atoms with Gasteiger partial charge in [0.05, 0.1) is 6.10 Å². The van der Waals surface area contributed by atoms with Crippen molar-refractivity contribution in [3.8, 4) is 5.75 Å². The second-order valence-corrected chi connectivity index (χ2v) is 5.05. The second-order valence-electron chi connectivity index (χ2n) is 5.05. The van der Waals surface area contributed by atoms with Gasteiger partial charge in [-0.1, -0.05) is 6.07 Å². The van der Waals surface area contributed by atoms with Crippen LogP contribution < -0.4 is 10.1 Å². The fourth-order valence-corrected chi connectivity index (χ4v) is 2.31. The summed E-state index contributed by atoms with van der Waals surface area (Å²) in [6.07, 6.45) is 2.59. The Morgan fingerprint density at radius 3 is 3.11 bits per heavy atom. The summed E-state index contributed by atoms with van der Waals surface area (Å²) in [5.74, 6) is 0.354. The molecule has 1 fully saturated rings. The lowest BCUT2D eigenvalue weighted by Gasteiger charge is -2.20. The van der Waals surface area contributed by atoms with Gasteiger partial charge in [0, 0.05) is 25.3 Å². The van der Waals surface area contributed by atoms with Gasteiger partial charge in [-0.25, -0.2) is 4.39 Å². The van der Waals surface area contributed by atoms with Crippen molar-refractivity contribution in [3.05, 3.63) is 29.6 Å². The molecule has 1 saturated heterocycles. The highest BCUT2D eigenvalue weighted by Gasteiger charge is 2.21. The molecule has 0 radical (unpaired) electrons. The number of halogens is 1. The molecule has 0 aromatic heterocycles. The van der Waals surface area contributed by atoms with Gasteiger partial charge in [0.1, 0.15) is 18.2 Å². The molecule has 0 spiro atoms. The zero-order valence-corrected chi connectivity index (χ0v) is 11.6. The van der Waals surface area contributed by atoms with Crippen LogP contribution in [-0.4, -0.2) is 31.9 Å². The quantitative estimate of drug-likeness (QED) is 0.804. The number of hydrogen-bond donors (Lipinski definition) is 1. The largest absolute Gasteiger partial charge is 0.492 e. The average Bonchev–Trinajstić information content (AvgIpc) is 2.92. The summed E-state index contributed by atoms with van der Waals surface area (Å²) in [5.41, 5.74) is 0.952. The Balaban J connectivity index is 1.70. The highest BCUT2D eigenvalue weighted by molar-refractivity contribution is 5.32. The van der Waals surface area contributed by atoms with E-state index in [0.717, 1.165) is 31.6 Å². The molecule has 1 aromatic rings. The summed E-state index contributed by atoms with van der Waals surface area (Å²) in [6.45, 7) is 6.18. The Morgan fingerprint density at radius 1 is 1.53 bits per heavy atom. The summed E-state index contributed by atoms with van der Waals surface area (Å²) in [6, 6.07) is 4.94. The molecule has 1 aliphatic rings. The predicted molar refractivity (Wildman–Crippen MR) is 73.1 cm³/mol. The van der Waals surface area contributed by atoms with E-state index in [0.29, 0.717) is 24.5 Å². The molecule has 0 bridgehead atoms. The van der Waals surface area contributed by atoms with Gasteiger partial charge in [-0.15, -0.1) is 0 Å². The van der Waals surface area contributed by atoms with E-state index in [-0.39, 0.29) is 5.82 Å². The van der Waals surface area contributed by atoms with Gasteiger partial charge in [-0.05, 0) is 38.3 Å². The van der Waals surface area contributed by atoms with Crippen LogP contribution in [0.3, 0.4) is 0 Å². The van der Waals surface area contributed by atoms with Crippen molar-refractivity contribution >= 4 is 0 Å². The lowest BCUT2D eigenvalue weighted by Crippen LogP contribution is -2.39. The maximum absolute atomic E-state index is 13.1. The molecule has 1 aliphatic heterocycles. The van der Waals surface area contributed by atoms with Crippen LogP contribution in [0.15, 0.2) is 18.2 Å². The standard InChI is InChI=1S/C15H22FNO2/c1-11-5-6-13(16)10-15(11)19-9-7-17-12(2)14-4-3-8-18-14/h5-6,10,12,14,17H,3-4,7-9H2,1-2H3. The van der Waals surface area contributed by atoms with Crippen LogP contribution in [0.5, 0.6) is 5.75 Å². The number of nitrogens with one attached hydrogen (secondary N) is 1. The van der Waals surface area contributed by atoms with E-state index in [1.54, 1.807) is 6.07 Å². The van der Waals surface area contributed by atoms with E-state index >= 15 is 0 Å². The number of benzene rings is 1. The predicted octanol–water partition coefficient (Wildman–Crippen LogP) is 2.67.